The molecule has 0 bridgehead atoms. The monoisotopic (exact) mass is 771 g/mol. The second-order valence-electron chi connectivity index (χ2n) is 10.7. The molecule has 0 aromatic heterocycles. The van der Waals surface area contributed by atoms with Crippen molar-refractivity contribution in [3.8, 4) is 0 Å². The lowest BCUT2D eigenvalue weighted by molar-refractivity contribution is -0.193. The first-order valence-electron chi connectivity index (χ1n) is 14.6. The fourth-order valence-electron chi connectivity index (χ4n) is 4.26. The van der Waals surface area contributed by atoms with Gasteiger partial charge in [0.15, 0.2) is 0 Å². The standard InChI is InChI=1S/C25H33N7O5S.2C2HF3O2/c26-10-9-22(33)30-19-7-2-8-20(14-19)38(36,37)31-21(13-16-4-1-5-17(12-16)23(27)28)25(35)32-11-3-6-18(15-32)24(29)34;2*3-2(4,5)1(6)7/h1-2,4-5,7-8,12,14,18,21,31H,3,6,9-11,13,15,26H2,(H3,27,28)(H2,29,34)(H,30,33);2*(H,6,7)/t18?,21-;;/m0../s1. The highest BCUT2D eigenvalue weighted by Gasteiger charge is 2.39. The van der Waals surface area contributed by atoms with E-state index in [1.165, 1.54) is 23.1 Å². The molecule has 1 heterocycles. The lowest BCUT2D eigenvalue weighted by atomic mass is 9.96. The summed E-state index contributed by atoms with van der Waals surface area (Å²) in [5.74, 6) is -7.56. The van der Waals surface area contributed by atoms with E-state index in [4.69, 9.17) is 42.4 Å². The summed E-state index contributed by atoms with van der Waals surface area (Å²) in [5, 5.41) is 24.5. The maximum Gasteiger partial charge on any atom is 0.490 e. The van der Waals surface area contributed by atoms with Crippen LogP contribution in [-0.2, 0) is 40.4 Å². The van der Waals surface area contributed by atoms with Gasteiger partial charge >= 0.3 is 24.3 Å². The van der Waals surface area contributed by atoms with Crippen LogP contribution in [0.4, 0.5) is 32.0 Å². The molecule has 0 saturated carbocycles. The summed E-state index contributed by atoms with van der Waals surface area (Å²) in [7, 11) is -4.22. The number of amidine groups is 1. The molecule has 1 fully saturated rings. The number of sulfonamides is 1. The van der Waals surface area contributed by atoms with E-state index in [1.54, 1.807) is 30.3 Å². The molecule has 1 unspecified atom stereocenters. The number of hydrogen-bond donors (Lipinski definition) is 8. The molecule has 3 rings (SSSR count). The first-order valence-corrected chi connectivity index (χ1v) is 16.1. The van der Waals surface area contributed by atoms with E-state index in [0.29, 0.717) is 30.5 Å². The quantitative estimate of drug-likeness (QED) is 0.0911. The number of primary amides is 1. The SMILES string of the molecule is N=C(N)c1cccc(C[C@H](NS(=O)(=O)c2cccc(NC(=O)CCN)c2)C(=O)N2CCCC(C(N)=O)C2)c1.O=C(O)C(F)(F)F.O=C(O)C(F)(F)F. The van der Waals surface area contributed by atoms with Gasteiger partial charge in [0, 0.05) is 37.3 Å². The fraction of sp³-hybridized carbons (Fsp3) is 0.379. The summed E-state index contributed by atoms with van der Waals surface area (Å²) in [4.78, 5) is 56.3. The molecule has 23 heteroatoms. The Labute approximate surface area is 291 Å². The van der Waals surface area contributed by atoms with E-state index < -0.39 is 58.1 Å². The van der Waals surface area contributed by atoms with Crippen molar-refractivity contribution in [1.29, 1.82) is 5.41 Å². The van der Waals surface area contributed by atoms with Gasteiger partial charge < -0.3 is 37.6 Å². The molecule has 0 spiro atoms. The molecule has 2 atom stereocenters. The lowest BCUT2D eigenvalue weighted by Gasteiger charge is -2.34. The van der Waals surface area contributed by atoms with E-state index >= 15 is 0 Å². The second kappa shape index (κ2) is 19.4. The maximum atomic E-state index is 13.6. The number of nitrogens with zero attached hydrogens (tertiary/aromatic N) is 1. The van der Waals surface area contributed by atoms with E-state index in [2.05, 4.69) is 10.0 Å². The number of nitrogen functional groups attached to an aromatic ring is 1. The molecule has 3 amide bonds. The molecule has 11 N–H and O–H groups in total. The van der Waals surface area contributed by atoms with Crippen LogP contribution in [0.5, 0.6) is 0 Å². The first kappa shape index (κ1) is 44.7. The summed E-state index contributed by atoms with van der Waals surface area (Å²) in [6.45, 7) is 0.604. The van der Waals surface area contributed by atoms with Crippen LogP contribution in [0.15, 0.2) is 53.4 Å². The molecule has 2 aromatic rings. The summed E-state index contributed by atoms with van der Waals surface area (Å²) in [5.41, 5.74) is 17.7. The van der Waals surface area contributed by atoms with E-state index in [1.807, 2.05) is 0 Å². The fourth-order valence-corrected chi connectivity index (χ4v) is 5.50. The number of piperidine rings is 1. The minimum atomic E-state index is -5.08. The number of benzene rings is 2. The van der Waals surface area contributed by atoms with Gasteiger partial charge in [0.2, 0.25) is 27.7 Å². The topological polar surface area (TPSA) is 289 Å². The number of rotatable bonds is 11. The van der Waals surface area contributed by atoms with Crippen LogP contribution >= 0.6 is 0 Å². The third-order valence-electron chi connectivity index (χ3n) is 6.69. The van der Waals surface area contributed by atoms with Crippen molar-refractivity contribution in [1.82, 2.24) is 9.62 Å². The van der Waals surface area contributed by atoms with Crippen molar-refractivity contribution in [3.05, 3.63) is 59.7 Å². The molecule has 288 valence electrons. The number of nitrogens with two attached hydrogens (primary N) is 3. The van der Waals surface area contributed by atoms with Gasteiger partial charge in [0.25, 0.3) is 0 Å². The van der Waals surface area contributed by atoms with Crippen molar-refractivity contribution in [2.75, 3.05) is 25.0 Å². The van der Waals surface area contributed by atoms with Crippen molar-refractivity contribution < 1.29 is 68.9 Å². The third-order valence-corrected chi connectivity index (χ3v) is 8.16. The molecule has 1 saturated heterocycles. The molecule has 2 aromatic carbocycles. The second-order valence-corrected chi connectivity index (χ2v) is 12.5. The van der Waals surface area contributed by atoms with Gasteiger partial charge in [-0.25, -0.2) is 18.0 Å². The normalized spacial score (nSPS) is 15.1. The van der Waals surface area contributed by atoms with Crippen LogP contribution in [0, 0.1) is 11.3 Å². The summed E-state index contributed by atoms with van der Waals surface area (Å²) in [6.07, 6.45) is -9.00. The number of halogens is 6. The first-order chi connectivity index (χ1) is 23.9. The average Bonchev–Trinajstić information content (AvgIpc) is 3.04. The van der Waals surface area contributed by atoms with Gasteiger partial charge in [-0.05, 0) is 49.1 Å². The number of carboxylic acid groups (broad SMARTS) is 2. The number of anilines is 1. The van der Waals surface area contributed by atoms with Gasteiger partial charge in [-0.2, -0.15) is 31.1 Å². The number of carbonyl (C=O) groups excluding carboxylic acids is 3. The zero-order chi connectivity index (χ0) is 40.0. The Morgan fingerprint density at radius 1 is 0.942 bits per heavy atom. The van der Waals surface area contributed by atoms with Crippen LogP contribution in [-0.4, -0.2) is 97.1 Å². The minimum Gasteiger partial charge on any atom is -0.475 e. The zero-order valence-electron chi connectivity index (χ0n) is 26.8. The highest BCUT2D eigenvalue weighted by Crippen LogP contribution is 2.21. The van der Waals surface area contributed by atoms with E-state index in [9.17, 15) is 49.1 Å². The average molecular weight is 772 g/mol. The van der Waals surface area contributed by atoms with E-state index in [0.717, 1.165) is 0 Å². The predicted octanol–water partition coefficient (Wildman–Crippen LogP) is 1.14. The molecule has 1 aliphatic heterocycles. The number of alkyl halides is 6. The lowest BCUT2D eigenvalue weighted by Crippen LogP contribution is -2.53. The van der Waals surface area contributed by atoms with Crippen LogP contribution in [0.1, 0.15) is 30.4 Å². The number of aliphatic carboxylic acids is 2. The molecule has 0 radical (unpaired) electrons. The van der Waals surface area contributed by atoms with Crippen LogP contribution in [0.2, 0.25) is 0 Å². The minimum absolute atomic E-state index is 0.0240. The number of hydrogen-bond acceptors (Lipinski definition) is 9. The molecular formula is C29H35F6N7O9S. The Kier molecular flexibility index (Phi) is 16.6. The molecule has 16 nitrogen and oxygen atoms in total. The summed E-state index contributed by atoms with van der Waals surface area (Å²) < 4.78 is 92.8. The molecule has 52 heavy (non-hydrogen) atoms. The van der Waals surface area contributed by atoms with Crippen LogP contribution in [0.3, 0.4) is 0 Å². The Bertz CT molecular complexity index is 1700. The molecule has 1 aliphatic rings. The largest absolute Gasteiger partial charge is 0.490 e. The van der Waals surface area contributed by atoms with Gasteiger partial charge in [0.1, 0.15) is 11.9 Å². The number of nitrogens with one attached hydrogen (secondary N) is 3. The summed E-state index contributed by atoms with van der Waals surface area (Å²) in [6, 6.07) is 11.1. The van der Waals surface area contributed by atoms with Crippen molar-refractivity contribution in [3.63, 3.8) is 0 Å². The van der Waals surface area contributed by atoms with Crippen LogP contribution in [0.25, 0.3) is 0 Å². The molecular weight excluding hydrogens is 736 g/mol. The van der Waals surface area contributed by atoms with Crippen molar-refractivity contribution in [2.24, 2.45) is 23.1 Å². The Balaban J connectivity index is 0.000000812. The number of amides is 3. The zero-order valence-corrected chi connectivity index (χ0v) is 27.6. The van der Waals surface area contributed by atoms with Gasteiger partial charge in [-0.3, -0.25) is 19.8 Å². The third kappa shape index (κ3) is 15.3. The smallest absolute Gasteiger partial charge is 0.475 e. The number of likely N-dealkylation sites (tertiary alicyclic amines) is 1. The van der Waals surface area contributed by atoms with Gasteiger partial charge in [-0.1, -0.05) is 24.3 Å². The maximum absolute atomic E-state index is 13.6. The Morgan fingerprint density at radius 2 is 1.50 bits per heavy atom. The predicted molar refractivity (Wildman–Crippen MR) is 170 cm³/mol. The highest BCUT2D eigenvalue weighted by molar-refractivity contribution is 7.89. The van der Waals surface area contributed by atoms with Crippen LogP contribution < -0.4 is 27.2 Å². The Hall–Kier alpha value is -5.29. The number of carboxylic acids is 2. The van der Waals surface area contributed by atoms with Crippen molar-refractivity contribution >= 4 is 51.2 Å². The molecule has 0 aliphatic carbocycles. The van der Waals surface area contributed by atoms with Gasteiger partial charge in [0.05, 0.1) is 10.8 Å². The number of carbonyl (C=O) groups is 5. The highest BCUT2D eigenvalue weighted by atomic mass is 32.2. The Morgan fingerprint density at radius 3 is 2.00 bits per heavy atom. The summed E-state index contributed by atoms with van der Waals surface area (Å²) >= 11 is 0. The van der Waals surface area contributed by atoms with Gasteiger partial charge in [-0.15, -0.1) is 0 Å². The van der Waals surface area contributed by atoms with Crippen molar-refractivity contribution in [2.45, 2.75) is 49.0 Å². The van der Waals surface area contributed by atoms with E-state index in [-0.39, 0.29) is 48.3 Å².